The van der Waals surface area contributed by atoms with Crippen molar-refractivity contribution in [1.82, 2.24) is 9.88 Å². The van der Waals surface area contributed by atoms with Gasteiger partial charge in [0.05, 0.1) is 6.20 Å². The van der Waals surface area contributed by atoms with Crippen LogP contribution in [0.25, 0.3) is 11.1 Å². The van der Waals surface area contributed by atoms with Crippen LogP contribution in [0.2, 0.25) is 0 Å². The number of likely N-dealkylation sites (tertiary alicyclic amines) is 1. The number of para-hydroxylation sites is 2. The molecule has 2 aromatic heterocycles. The first-order chi connectivity index (χ1) is 14.8. The van der Waals surface area contributed by atoms with Gasteiger partial charge in [-0.25, -0.2) is 9.97 Å². The Morgan fingerprint density at radius 2 is 1.83 bits per heavy atom. The van der Waals surface area contributed by atoms with Gasteiger partial charge in [-0.2, -0.15) is 0 Å². The molecule has 0 radical (unpaired) electrons. The molecule has 2 aliphatic rings. The number of pyridine rings is 1. The molecule has 2 N–H and O–H groups in total. The number of rotatable bonds is 4. The number of aromatic amines is 1. The van der Waals surface area contributed by atoms with Gasteiger partial charge in [-0.1, -0.05) is 18.2 Å². The Bertz CT molecular complexity index is 956. The standard InChI is InChI=1S/C23H27N5O2/c29-22(17-26-13-15-27(16-14-26)21-7-3-4-10-24-21)28-11-8-18(9-12-28)23-25-19-5-1-2-6-20(19)30-23/h1-7,10,18H,8-9,11-17H2/p+2. The van der Waals surface area contributed by atoms with Gasteiger partial charge in [0.1, 0.15) is 31.7 Å². The largest absolute Gasteiger partial charge is 0.440 e. The summed E-state index contributed by atoms with van der Waals surface area (Å²) < 4.78 is 5.95. The number of amides is 1. The fourth-order valence-corrected chi connectivity index (χ4v) is 4.59. The molecule has 2 aliphatic heterocycles. The quantitative estimate of drug-likeness (QED) is 0.693. The number of piperidine rings is 1. The highest BCUT2D eigenvalue weighted by atomic mass is 16.3. The van der Waals surface area contributed by atoms with Gasteiger partial charge in [0.15, 0.2) is 18.0 Å². The van der Waals surface area contributed by atoms with Crippen molar-refractivity contribution >= 4 is 22.8 Å². The number of fused-ring (bicyclic) bond motifs is 1. The zero-order chi connectivity index (χ0) is 20.3. The molecule has 7 heteroatoms. The fraction of sp³-hybridized carbons (Fsp3) is 0.435. The molecule has 0 saturated carbocycles. The Morgan fingerprint density at radius 1 is 1.07 bits per heavy atom. The van der Waals surface area contributed by atoms with Gasteiger partial charge in [-0.3, -0.25) is 9.69 Å². The van der Waals surface area contributed by atoms with Crippen LogP contribution in [0.5, 0.6) is 0 Å². The number of nitrogens with one attached hydrogen (secondary N) is 2. The minimum atomic E-state index is 0.278. The predicted molar refractivity (Wildman–Crippen MR) is 113 cm³/mol. The van der Waals surface area contributed by atoms with Crippen molar-refractivity contribution in [3.63, 3.8) is 0 Å². The van der Waals surface area contributed by atoms with Crippen LogP contribution < -0.4 is 14.8 Å². The SMILES string of the molecule is O=C(C[NH+]1CCN(c2cccc[nH+]2)CC1)N1CCC(c2nc3ccccc3o2)CC1. The second-order valence-corrected chi connectivity index (χ2v) is 8.34. The minimum absolute atomic E-state index is 0.278. The number of carbonyl (C=O) groups is 1. The maximum atomic E-state index is 12.8. The first-order valence-electron chi connectivity index (χ1n) is 10.9. The lowest BCUT2D eigenvalue weighted by Crippen LogP contribution is -3.16. The number of carbonyl (C=O) groups excluding carboxylic acids is 1. The summed E-state index contributed by atoms with van der Waals surface area (Å²) in [5, 5.41) is 0. The van der Waals surface area contributed by atoms with Gasteiger partial charge in [-0.15, -0.1) is 0 Å². The van der Waals surface area contributed by atoms with Crippen molar-refractivity contribution < 1.29 is 19.1 Å². The van der Waals surface area contributed by atoms with Crippen molar-refractivity contribution in [2.24, 2.45) is 0 Å². The Morgan fingerprint density at radius 3 is 2.57 bits per heavy atom. The van der Waals surface area contributed by atoms with Gasteiger partial charge in [0, 0.05) is 25.1 Å². The summed E-state index contributed by atoms with van der Waals surface area (Å²) in [7, 11) is 0. The minimum Gasteiger partial charge on any atom is -0.440 e. The Labute approximate surface area is 176 Å². The van der Waals surface area contributed by atoms with Crippen molar-refractivity contribution in [2.45, 2.75) is 18.8 Å². The van der Waals surface area contributed by atoms with Crippen molar-refractivity contribution in [2.75, 3.05) is 50.7 Å². The summed E-state index contributed by atoms with van der Waals surface area (Å²) in [5.41, 5.74) is 1.77. The summed E-state index contributed by atoms with van der Waals surface area (Å²) >= 11 is 0. The molecule has 7 nitrogen and oxygen atoms in total. The van der Waals surface area contributed by atoms with E-state index >= 15 is 0 Å². The molecule has 3 aromatic rings. The molecule has 2 saturated heterocycles. The van der Waals surface area contributed by atoms with Gasteiger partial charge >= 0.3 is 0 Å². The summed E-state index contributed by atoms with van der Waals surface area (Å²) in [6.45, 7) is 6.12. The van der Waals surface area contributed by atoms with Gasteiger partial charge < -0.3 is 14.2 Å². The smallest absolute Gasteiger partial charge is 0.277 e. The highest BCUT2D eigenvalue weighted by Gasteiger charge is 2.31. The molecular weight excluding hydrogens is 378 g/mol. The number of benzene rings is 1. The number of H-pyrrole nitrogens is 1. The lowest BCUT2D eigenvalue weighted by Gasteiger charge is -2.33. The van der Waals surface area contributed by atoms with Crippen molar-refractivity contribution in [3.05, 3.63) is 54.6 Å². The number of hydrogen-bond acceptors (Lipinski definition) is 4. The Kier molecular flexibility index (Phi) is 5.36. The molecule has 4 heterocycles. The lowest BCUT2D eigenvalue weighted by molar-refractivity contribution is -0.892. The third-order valence-electron chi connectivity index (χ3n) is 6.41. The summed E-state index contributed by atoms with van der Waals surface area (Å²) in [5.74, 6) is 2.56. The van der Waals surface area contributed by atoms with Crippen LogP contribution in [0.3, 0.4) is 0 Å². The van der Waals surface area contributed by atoms with Crippen LogP contribution in [0, 0.1) is 0 Å². The zero-order valence-corrected chi connectivity index (χ0v) is 17.2. The van der Waals surface area contributed by atoms with E-state index in [4.69, 9.17) is 4.42 Å². The summed E-state index contributed by atoms with van der Waals surface area (Å²) in [4.78, 5) is 26.6. The molecule has 0 atom stereocenters. The fourth-order valence-electron chi connectivity index (χ4n) is 4.59. The maximum absolute atomic E-state index is 12.8. The molecule has 30 heavy (non-hydrogen) atoms. The van der Waals surface area contributed by atoms with E-state index in [0.29, 0.717) is 12.5 Å². The summed E-state index contributed by atoms with van der Waals surface area (Å²) in [6.07, 6.45) is 3.81. The molecule has 1 aromatic carbocycles. The van der Waals surface area contributed by atoms with Crippen LogP contribution in [0.15, 0.2) is 53.1 Å². The Hall–Kier alpha value is -2.93. The third-order valence-corrected chi connectivity index (χ3v) is 6.41. The molecule has 156 valence electrons. The Balaban J connectivity index is 1.10. The molecular formula is C23H29N5O2+2. The molecule has 0 unspecified atom stereocenters. The van der Waals surface area contributed by atoms with E-state index in [9.17, 15) is 4.79 Å². The van der Waals surface area contributed by atoms with Crippen molar-refractivity contribution in [3.8, 4) is 0 Å². The number of hydrogen-bond donors (Lipinski definition) is 1. The van der Waals surface area contributed by atoms with Crippen molar-refractivity contribution in [1.29, 1.82) is 0 Å². The topological polar surface area (TPSA) is 68.2 Å². The van der Waals surface area contributed by atoms with E-state index in [2.05, 4.69) is 27.0 Å². The number of aromatic nitrogens is 2. The highest BCUT2D eigenvalue weighted by Crippen LogP contribution is 2.29. The zero-order valence-electron chi connectivity index (χ0n) is 17.2. The monoisotopic (exact) mass is 407 g/mol. The number of piperazine rings is 1. The van der Waals surface area contributed by atoms with Crippen LogP contribution in [0.4, 0.5) is 5.82 Å². The van der Waals surface area contributed by atoms with Gasteiger partial charge in [0.2, 0.25) is 0 Å². The van der Waals surface area contributed by atoms with Crippen LogP contribution in [-0.2, 0) is 4.79 Å². The molecule has 1 amide bonds. The van der Waals surface area contributed by atoms with Crippen LogP contribution in [-0.4, -0.2) is 61.6 Å². The van der Waals surface area contributed by atoms with Gasteiger partial charge in [-0.05, 0) is 31.0 Å². The number of anilines is 1. The van der Waals surface area contributed by atoms with E-state index in [1.54, 1.807) is 0 Å². The van der Waals surface area contributed by atoms with E-state index in [1.165, 1.54) is 4.90 Å². The second-order valence-electron chi connectivity index (χ2n) is 8.34. The van der Waals surface area contributed by atoms with E-state index < -0.39 is 0 Å². The van der Waals surface area contributed by atoms with E-state index in [0.717, 1.165) is 74.9 Å². The average molecular weight is 408 g/mol. The third kappa shape index (κ3) is 4.03. The molecule has 0 aliphatic carbocycles. The summed E-state index contributed by atoms with van der Waals surface area (Å²) in [6, 6.07) is 14.1. The van der Waals surface area contributed by atoms with E-state index in [1.807, 2.05) is 41.4 Å². The molecule has 0 spiro atoms. The maximum Gasteiger partial charge on any atom is 0.277 e. The normalized spacial score (nSPS) is 18.8. The van der Waals surface area contributed by atoms with Crippen LogP contribution >= 0.6 is 0 Å². The predicted octanol–water partition coefficient (Wildman–Crippen LogP) is 0.753. The second kappa shape index (κ2) is 8.44. The lowest BCUT2D eigenvalue weighted by atomic mass is 9.96. The highest BCUT2D eigenvalue weighted by molar-refractivity contribution is 5.77. The molecule has 5 rings (SSSR count). The molecule has 0 bridgehead atoms. The van der Waals surface area contributed by atoms with E-state index in [-0.39, 0.29) is 5.91 Å². The number of quaternary nitrogens is 1. The first-order valence-corrected chi connectivity index (χ1v) is 10.9. The van der Waals surface area contributed by atoms with Gasteiger partial charge in [0.25, 0.3) is 11.7 Å². The van der Waals surface area contributed by atoms with Crippen LogP contribution in [0.1, 0.15) is 24.7 Å². The number of nitrogens with zero attached hydrogens (tertiary/aromatic N) is 3. The molecule has 2 fully saturated rings. The average Bonchev–Trinajstić information content (AvgIpc) is 3.25. The first kappa shape index (κ1) is 19.1. The number of oxazole rings is 1.